The minimum Gasteiger partial charge on any atom is -0.354 e. The highest BCUT2D eigenvalue weighted by Crippen LogP contribution is 2.14. The monoisotopic (exact) mass is 288 g/mol. The molecule has 2 N–H and O–H groups in total. The van der Waals surface area contributed by atoms with E-state index in [9.17, 15) is 22.8 Å². The molecule has 0 fully saturated rings. The van der Waals surface area contributed by atoms with Crippen molar-refractivity contribution in [1.82, 2.24) is 10.6 Å². The molecule has 0 radical (unpaired) electrons. The van der Waals surface area contributed by atoms with Crippen LogP contribution in [0.1, 0.15) is 24.2 Å². The van der Waals surface area contributed by atoms with Gasteiger partial charge in [0.15, 0.2) is 17.5 Å². The molecule has 1 aromatic carbocycles. The highest BCUT2D eigenvalue weighted by atomic mass is 19.2. The smallest absolute Gasteiger partial charge is 0.254 e. The van der Waals surface area contributed by atoms with Crippen LogP contribution in [0.2, 0.25) is 0 Å². The fraction of sp³-hybridized carbons (Fsp3) is 0.385. The molecular weight excluding hydrogens is 273 g/mol. The van der Waals surface area contributed by atoms with Crippen molar-refractivity contribution in [2.45, 2.75) is 13.8 Å². The number of benzene rings is 1. The summed E-state index contributed by atoms with van der Waals surface area (Å²) in [7, 11) is 0. The summed E-state index contributed by atoms with van der Waals surface area (Å²) in [6.45, 7) is 3.64. The maximum Gasteiger partial charge on any atom is 0.254 e. The van der Waals surface area contributed by atoms with Crippen LogP contribution >= 0.6 is 0 Å². The molecule has 7 heteroatoms. The Balaban J connectivity index is 2.52. The highest BCUT2D eigenvalue weighted by Gasteiger charge is 2.18. The average molecular weight is 288 g/mol. The fourth-order valence-corrected chi connectivity index (χ4v) is 1.36. The molecule has 1 rings (SSSR count). The molecule has 0 saturated carbocycles. The van der Waals surface area contributed by atoms with Crippen LogP contribution in [0.5, 0.6) is 0 Å². The van der Waals surface area contributed by atoms with E-state index < -0.39 is 28.9 Å². The number of carbonyl (C=O) groups is 2. The third kappa shape index (κ3) is 3.97. The molecule has 0 atom stereocenters. The third-order valence-corrected chi connectivity index (χ3v) is 2.51. The lowest BCUT2D eigenvalue weighted by atomic mass is 10.2. The molecule has 0 aromatic heterocycles. The molecule has 0 aliphatic carbocycles. The molecule has 20 heavy (non-hydrogen) atoms. The maximum atomic E-state index is 13.3. The van der Waals surface area contributed by atoms with Gasteiger partial charge in [0.1, 0.15) is 0 Å². The van der Waals surface area contributed by atoms with Crippen LogP contribution in [0.4, 0.5) is 13.2 Å². The van der Waals surface area contributed by atoms with E-state index in [1.807, 2.05) is 0 Å². The van der Waals surface area contributed by atoms with Gasteiger partial charge in [-0.25, -0.2) is 13.2 Å². The summed E-state index contributed by atoms with van der Waals surface area (Å²) in [6, 6.07) is 1.53. The number of nitrogens with one attached hydrogen (secondary N) is 2. The average Bonchev–Trinajstić information content (AvgIpc) is 2.40. The van der Waals surface area contributed by atoms with Gasteiger partial charge in [0, 0.05) is 19.0 Å². The predicted molar refractivity (Wildman–Crippen MR) is 66.5 cm³/mol. The van der Waals surface area contributed by atoms with Gasteiger partial charge in [-0.15, -0.1) is 0 Å². The second-order valence-corrected chi connectivity index (χ2v) is 4.42. The van der Waals surface area contributed by atoms with Gasteiger partial charge in [-0.3, -0.25) is 9.59 Å². The van der Waals surface area contributed by atoms with Crippen molar-refractivity contribution in [1.29, 1.82) is 0 Å². The van der Waals surface area contributed by atoms with Crippen molar-refractivity contribution >= 4 is 11.8 Å². The van der Waals surface area contributed by atoms with Crippen LogP contribution < -0.4 is 10.6 Å². The SMILES string of the molecule is CC(C)C(=O)NCCNC(=O)c1ccc(F)c(F)c1F. The standard InChI is InChI=1S/C13H15F3N2O2/c1-7(2)12(19)17-5-6-18-13(20)8-3-4-9(14)11(16)10(8)15/h3-4,7H,5-6H2,1-2H3,(H,17,19)(H,18,20). The summed E-state index contributed by atoms with van der Waals surface area (Å²) in [5.74, 6) is -5.82. The van der Waals surface area contributed by atoms with Crippen LogP contribution in [-0.2, 0) is 4.79 Å². The van der Waals surface area contributed by atoms with E-state index in [2.05, 4.69) is 10.6 Å². The van der Waals surface area contributed by atoms with Gasteiger partial charge in [0.2, 0.25) is 5.91 Å². The molecule has 0 aliphatic heterocycles. The second kappa shape index (κ2) is 6.93. The van der Waals surface area contributed by atoms with Gasteiger partial charge >= 0.3 is 0 Å². The number of rotatable bonds is 5. The first-order valence-electron chi connectivity index (χ1n) is 6.04. The van der Waals surface area contributed by atoms with E-state index in [0.717, 1.165) is 6.07 Å². The first-order chi connectivity index (χ1) is 9.34. The summed E-state index contributed by atoms with van der Waals surface area (Å²) in [6.07, 6.45) is 0. The third-order valence-electron chi connectivity index (χ3n) is 2.51. The molecule has 0 heterocycles. The largest absolute Gasteiger partial charge is 0.354 e. The number of amides is 2. The van der Waals surface area contributed by atoms with Crippen LogP contribution in [0.15, 0.2) is 12.1 Å². The second-order valence-electron chi connectivity index (χ2n) is 4.42. The van der Waals surface area contributed by atoms with Gasteiger partial charge in [-0.05, 0) is 12.1 Å². The quantitative estimate of drug-likeness (QED) is 0.639. The fourth-order valence-electron chi connectivity index (χ4n) is 1.36. The number of hydrogen-bond acceptors (Lipinski definition) is 2. The lowest BCUT2D eigenvalue weighted by molar-refractivity contribution is -0.123. The number of hydrogen-bond donors (Lipinski definition) is 2. The molecule has 2 amide bonds. The normalized spacial score (nSPS) is 10.5. The predicted octanol–water partition coefficient (Wildman–Crippen LogP) is 1.61. The first kappa shape index (κ1) is 16.0. The Morgan fingerprint density at radius 3 is 2.25 bits per heavy atom. The summed E-state index contributed by atoms with van der Waals surface area (Å²) >= 11 is 0. The van der Waals surface area contributed by atoms with E-state index >= 15 is 0 Å². The molecule has 4 nitrogen and oxygen atoms in total. The van der Waals surface area contributed by atoms with E-state index in [1.165, 1.54) is 0 Å². The van der Waals surface area contributed by atoms with Crippen molar-refractivity contribution in [3.05, 3.63) is 35.1 Å². The van der Waals surface area contributed by atoms with E-state index in [4.69, 9.17) is 0 Å². The van der Waals surface area contributed by atoms with Crippen LogP contribution in [0, 0.1) is 23.4 Å². The minimum atomic E-state index is -1.69. The van der Waals surface area contributed by atoms with Gasteiger partial charge in [0.25, 0.3) is 5.91 Å². The van der Waals surface area contributed by atoms with Crippen molar-refractivity contribution in [2.75, 3.05) is 13.1 Å². The first-order valence-corrected chi connectivity index (χ1v) is 6.04. The Hall–Kier alpha value is -2.05. The minimum absolute atomic E-state index is 0.0513. The van der Waals surface area contributed by atoms with E-state index in [-0.39, 0.29) is 24.9 Å². The van der Waals surface area contributed by atoms with Crippen molar-refractivity contribution in [2.24, 2.45) is 5.92 Å². The van der Waals surface area contributed by atoms with Crippen LogP contribution in [-0.4, -0.2) is 24.9 Å². The molecule has 110 valence electrons. The molecule has 0 bridgehead atoms. The Labute approximate surface area is 114 Å². The van der Waals surface area contributed by atoms with E-state index in [0.29, 0.717) is 6.07 Å². The molecule has 0 aliphatic rings. The Morgan fingerprint density at radius 1 is 1.05 bits per heavy atom. The summed E-state index contributed by atoms with van der Waals surface area (Å²) < 4.78 is 39.0. The number of carbonyl (C=O) groups excluding carboxylic acids is 2. The molecule has 0 saturated heterocycles. The van der Waals surface area contributed by atoms with Crippen LogP contribution in [0.3, 0.4) is 0 Å². The Bertz CT molecular complexity index is 519. The van der Waals surface area contributed by atoms with Crippen molar-refractivity contribution in [3.8, 4) is 0 Å². The lowest BCUT2D eigenvalue weighted by Gasteiger charge is -2.09. The Morgan fingerprint density at radius 2 is 1.65 bits per heavy atom. The van der Waals surface area contributed by atoms with Gasteiger partial charge in [-0.2, -0.15) is 0 Å². The highest BCUT2D eigenvalue weighted by molar-refractivity contribution is 5.94. The van der Waals surface area contributed by atoms with Gasteiger partial charge < -0.3 is 10.6 Å². The van der Waals surface area contributed by atoms with Crippen LogP contribution in [0.25, 0.3) is 0 Å². The zero-order valence-corrected chi connectivity index (χ0v) is 11.1. The lowest BCUT2D eigenvalue weighted by Crippen LogP contribution is -2.36. The van der Waals surface area contributed by atoms with Gasteiger partial charge in [-0.1, -0.05) is 13.8 Å². The molecular formula is C13H15F3N2O2. The molecule has 1 aromatic rings. The summed E-state index contributed by atoms with van der Waals surface area (Å²) in [4.78, 5) is 22.8. The van der Waals surface area contributed by atoms with Crippen molar-refractivity contribution < 1.29 is 22.8 Å². The Kier molecular flexibility index (Phi) is 5.54. The molecule has 0 unspecified atom stereocenters. The molecule has 0 spiro atoms. The van der Waals surface area contributed by atoms with Gasteiger partial charge in [0.05, 0.1) is 5.56 Å². The zero-order valence-electron chi connectivity index (χ0n) is 11.1. The maximum absolute atomic E-state index is 13.3. The zero-order chi connectivity index (χ0) is 15.3. The summed E-state index contributed by atoms with van der Waals surface area (Å²) in [5, 5.41) is 4.84. The van der Waals surface area contributed by atoms with E-state index in [1.54, 1.807) is 13.8 Å². The number of halogens is 3. The topological polar surface area (TPSA) is 58.2 Å². The van der Waals surface area contributed by atoms with Crippen molar-refractivity contribution in [3.63, 3.8) is 0 Å². The summed E-state index contributed by atoms with van der Waals surface area (Å²) in [5.41, 5.74) is -0.584.